The second kappa shape index (κ2) is 4.30. The van der Waals surface area contributed by atoms with Crippen LogP contribution >= 0.6 is 0 Å². The minimum atomic E-state index is 0.177. The van der Waals surface area contributed by atoms with E-state index in [0.717, 1.165) is 6.22 Å². The van der Waals surface area contributed by atoms with Crippen LogP contribution in [-0.4, -0.2) is 13.2 Å². The van der Waals surface area contributed by atoms with Crippen molar-refractivity contribution in [1.29, 1.82) is 0 Å². The van der Waals surface area contributed by atoms with Crippen LogP contribution in [0.1, 0.15) is 0 Å². The Balaban J connectivity index is 3.11. The topological polar surface area (TPSA) is 0 Å². The summed E-state index contributed by atoms with van der Waals surface area (Å²) in [6.45, 7) is 4.61. The summed E-state index contributed by atoms with van der Waals surface area (Å²) >= 11 is 0.177. The molecule has 0 fully saturated rings. The third-order valence-electron chi connectivity index (χ3n) is 0.204. The monoisotopic (exact) mass is 254 g/mol. The van der Waals surface area contributed by atoms with Gasteiger partial charge in [-0.05, 0) is 0 Å². The van der Waals surface area contributed by atoms with E-state index in [-0.39, 0.29) is 20.2 Å². The molecule has 0 aromatic carbocycles. The number of rotatable bonds is 0. The summed E-state index contributed by atoms with van der Waals surface area (Å²) in [5.41, 5.74) is 0. The molecule has 0 rings (SSSR count). The van der Waals surface area contributed by atoms with Gasteiger partial charge in [0, 0.05) is 0 Å². The molecule has 22 valence electrons. The van der Waals surface area contributed by atoms with Crippen molar-refractivity contribution in [1.82, 2.24) is 0 Å². The zero-order valence-electron chi connectivity index (χ0n) is 2.78. The van der Waals surface area contributed by atoms with Gasteiger partial charge in [0.25, 0.3) is 0 Å². The first-order chi connectivity index (χ1) is 1.91. The van der Waals surface area contributed by atoms with Crippen molar-refractivity contribution >= 4 is 13.2 Å². The Kier molecular flexibility index (Phi) is 5.71. The third-order valence-corrected chi connectivity index (χ3v) is 15.0. The van der Waals surface area contributed by atoms with E-state index in [1.54, 1.807) is 0 Å². The van der Waals surface area contributed by atoms with Crippen LogP contribution in [0.3, 0.4) is 0 Å². The van der Waals surface area contributed by atoms with Gasteiger partial charge < -0.3 is 0 Å². The van der Waals surface area contributed by atoms with Crippen molar-refractivity contribution in [3.05, 3.63) is 0 Å². The molecule has 0 radical (unpaired) electrons. The SMILES string of the molecule is C[SiH]=[Hf]=[SiH2]. The Labute approximate surface area is 39.9 Å². The van der Waals surface area contributed by atoms with Gasteiger partial charge in [0.05, 0.1) is 0 Å². The summed E-state index contributed by atoms with van der Waals surface area (Å²) in [6.07, 6.45) is 0.989. The Morgan fingerprint density at radius 1 is 2.00 bits per heavy atom. The van der Waals surface area contributed by atoms with Crippen molar-refractivity contribution in [2.45, 2.75) is 6.55 Å². The summed E-state index contributed by atoms with van der Waals surface area (Å²) in [5.74, 6) is 0. The van der Waals surface area contributed by atoms with Crippen molar-refractivity contribution in [3.8, 4) is 0 Å². The van der Waals surface area contributed by atoms with Crippen molar-refractivity contribution in [3.63, 3.8) is 0 Å². The summed E-state index contributed by atoms with van der Waals surface area (Å²) in [5, 5.41) is 0. The first-order valence-electron chi connectivity index (χ1n) is 1.22. The number of hydrogen-bond donors (Lipinski definition) is 0. The van der Waals surface area contributed by atoms with Crippen molar-refractivity contribution in [2.24, 2.45) is 0 Å². The maximum atomic E-state index is 2.36. The standard InChI is InChI=1S/CH4Si.Hf.H2Si/c1-2;;/h2H,1H3;;1H2. The zero-order valence-corrected chi connectivity index (χ0v) is 8.95. The van der Waals surface area contributed by atoms with E-state index < -0.39 is 0 Å². The molecule has 0 saturated heterocycles. The van der Waals surface area contributed by atoms with E-state index in [4.69, 9.17) is 0 Å². The Bertz CT molecular complexity index is 44.0. The first-order valence-corrected chi connectivity index (χ1v) is 17.5. The van der Waals surface area contributed by atoms with Gasteiger partial charge >= 0.3 is 39.9 Å². The Morgan fingerprint density at radius 3 is 2.25 bits per heavy atom. The molecule has 0 amide bonds. The van der Waals surface area contributed by atoms with E-state index in [1.807, 2.05) is 0 Å². The second-order valence-corrected chi connectivity index (χ2v) is 22.1. The van der Waals surface area contributed by atoms with Gasteiger partial charge in [-0.25, -0.2) is 0 Å². The molecular weight excluding hydrogens is 247 g/mol. The normalized spacial score (nSPS) is 4.25. The van der Waals surface area contributed by atoms with Crippen LogP contribution in [0.4, 0.5) is 0 Å². The van der Waals surface area contributed by atoms with Gasteiger partial charge in [0.15, 0.2) is 0 Å². The van der Waals surface area contributed by atoms with Crippen LogP contribution < -0.4 is 0 Å². The third kappa shape index (κ3) is 3.30. The van der Waals surface area contributed by atoms with Gasteiger partial charge in [-0.15, -0.1) is 0 Å². The van der Waals surface area contributed by atoms with Crippen LogP contribution in [0.15, 0.2) is 0 Å². The second-order valence-electron chi connectivity index (χ2n) is 0.493. The fourth-order valence-electron chi connectivity index (χ4n) is 0. The molecule has 0 aromatic rings. The van der Waals surface area contributed by atoms with E-state index >= 15 is 0 Å². The molecule has 4 heavy (non-hydrogen) atoms. The molecule has 0 heterocycles. The quantitative estimate of drug-likeness (QED) is 0.486. The van der Waals surface area contributed by atoms with Crippen LogP contribution in [0.25, 0.3) is 0 Å². The molecule has 0 aliphatic carbocycles. The maximum absolute atomic E-state index is 2.36. The fourth-order valence-corrected chi connectivity index (χ4v) is 0. The molecule has 0 nitrogen and oxygen atoms in total. The van der Waals surface area contributed by atoms with Gasteiger partial charge in [-0.1, -0.05) is 0 Å². The van der Waals surface area contributed by atoms with Crippen LogP contribution in [0.5, 0.6) is 0 Å². The summed E-state index contributed by atoms with van der Waals surface area (Å²) in [4.78, 5) is 0. The van der Waals surface area contributed by atoms with Gasteiger partial charge in [0.1, 0.15) is 0 Å². The van der Waals surface area contributed by atoms with Crippen LogP contribution in [0.2, 0.25) is 6.55 Å². The minimum absolute atomic E-state index is 0.177. The Hall–Kier alpha value is 1.30. The average Bonchev–Trinajstić information content (AvgIpc) is 1.37. The summed E-state index contributed by atoms with van der Waals surface area (Å²) < 4.78 is 0. The summed E-state index contributed by atoms with van der Waals surface area (Å²) in [7, 11) is 0. The molecule has 0 atom stereocenters. The van der Waals surface area contributed by atoms with Crippen LogP contribution in [0, 0.1) is 0 Å². The predicted molar refractivity (Wildman–Crippen MR) is 21.6 cm³/mol. The van der Waals surface area contributed by atoms with Gasteiger partial charge in [-0.2, -0.15) is 0 Å². The molecule has 0 N–H and O–H groups in total. The van der Waals surface area contributed by atoms with Crippen molar-refractivity contribution in [2.75, 3.05) is 0 Å². The molecule has 3 heteroatoms. The average molecular weight is 253 g/mol. The molecule has 0 aliphatic heterocycles. The molecule has 0 unspecified atom stereocenters. The van der Waals surface area contributed by atoms with E-state index in [0.29, 0.717) is 0 Å². The molecule has 0 bridgehead atoms. The van der Waals surface area contributed by atoms with Crippen molar-refractivity contribution < 1.29 is 20.2 Å². The van der Waals surface area contributed by atoms with Gasteiger partial charge in [-0.3, -0.25) is 0 Å². The fraction of sp³-hybridized carbons (Fsp3) is 1.00. The first kappa shape index (κ1) is 5.30. The molecule has 0 saturated carbocycles. The molecular formula is CH6HfSi2. The van der Waals surface area contributed by atoms with Gasteiger partial charge in [0.2, 0.25) is 0 Å². The van der Waals surface area contributed by atoms with Crippen LogP contribution in [-0.2, 0) is 20.2 Å². The molecule has 0 aromatic heterocycles. The zero-order chi connectivity index (χ0) is 3.41. The number of hydrogen-bond acceptors (Lipinski definition) is 0. The van der Waals surface area contributed by atoms with E-state index in [2.05, 4.69) is 13.5 Å². The Morgan fingerprint density at radius 2 is 2.25 bits per heavy atom. The predicted octanol–water partition coefficient (Wildman–Crippen LogP) is -0.983. The summed E-state index contributed by atoms with van der Waals surface area (Å²) in [6, 6.07) is 0. The molecule has 0 aliphatic rings. The van der Waals surface area contributed by atoms with E-state index in [9.17, 15) is 0 Å². The van der Waals surface area contributed by atoms with E-state index in [1.165, 1.54) is 0 Å². The molecule has 0 spiro atoms.